The Labute approximate surface area is 260 Å². The summed E-state index contributed by atoms with van der Waals surface area (Å²) in [5.41, 5.74) is 0. The van der Waals surface area contributed by atoms with E-state index in [1.165, 1.54) is 15.9 Å². The maximum Gasteiger partial charge on any atom is 0.346 e. The van der Waals surface area contributed by atoms with E-state index < -0.39 is 22.3 Å². The van der Waals surface area contributed by atoms with Gasteiger partial charge in [-0.1, -0.05) is 72.8 Å². The predicted octanol–water partition coefficient (Wildman–Crippen LogP) is 7.33. The maximum absolute atomic E-state index is 9.00. The zero-order valence-corrected chi connectivity index (χ0v) is 27.8. The van der Waals surface area contributed by atoms with Crippen molar-refractivity contribution in [2.75, 3.05) is 6.66 Å². The van der Waals surface area contributed by atoms with Gasteiger partial charge in [-0.15, -0.1) is 12.1 Å². The van der Waals surface area contributed by atoms with E-state index in [0.29, 0.717) is 0 Å². The number of para-hydroxylation sites is 2. The SMILES string of the molecule is CC(=O)O.C[PH+](Oc1[c-]cccc1)Oc1ccccc1.[CH3-].[Ir].c1ccc([PH+](c2ccccc2)c2ccccc2)cc1. The van der Waals surface area contributed by atoms with Gasteiger partial charge in [-0.05, 0) is 48.5 Å². The molecule has 1 radical (unpaired) electrons. The summed E-state index contributed by atoms with van der Waals surface area (Å²) in [4.78, 5) is 9.00. The third-order valence-electron chi connectivity index (χ3n) is 5.13. The van der Waals surface area contributed by atoms with E-state index in [9.17, 15) is 0 Å². The van der Waals surface area contributed by atoms with E-state index in [0.717, 1.165) is 18.4 Å². The standard InChI is InChI=1S/C18H15P.C13H12O2P.C2H4O2.CH3.Ir/c1-4-10-16(11-5-1)19(17-12-6-2-7-13-17)18-14-8-3-9-15-18;1-16(14-12-8-4-2-5-9-12)15-13-10-6-3-7-11-13;1-2(3)4;;/h1-15H;2-10H,1H3;1H3,(H,3,4);1H3;/q;-1;;-1;/p+2. The Morgan fingerprint density at radius 2 is 1.00 bits per heavy atom. The summed E-state index contributed by atoms with van der Waals surface area (Å²) in [6.07, 6.45) is 0. The first kappa shape index (κ1) is 35.7. The van der Waals surface area contributed by atoms with Crippen molar-refractivity contribution < 1.29 is 39.1 Å². The quantitative estimate of drug-likeness (QED) is 0.140. The van der Waals surface area contributed by atoms with Crippen LogP contribution in [0.2, 0.25) is 0 Å². The summed E-state index contributed by atoms with van der Waals surface area (Å²) < 4.78 is 11.3. The third-order valence-corrected chi connectivity index (χ3v) is 8.89. The van der Waals surface area contributed by atoms with E-state index in [4.69, 9.17) is 18.9 Å². The Morgan fingerprint density at radius 3 is 1.37 bits per heavy atom. The molecule has 0 fully saturated rings. The molecule has 41 heavy (non-hydrogen) atoms. The van der Waals surface area contributed by atoms with E-state index >= 15 is 0 Å². The fourth-order valence-corrected chi connectivity index (χ4v) is 7.11. The van der Waals surface area contributed by atoms with Crippen LogP contribution in [0.5, 0.6) is 11.5 Å². The van der Waals surface area contributed by atoms with Gasteiger partial charge >= 0.3 is 8.38 Å². The molecule has 0 saturated carbocycles. The van der Waals surface area contributed by atoms with Gasteiger partial charge in [-0.25, -0.2) is 0 Å². The van der Waals surface area contributed by atoms with Gasteiger partial charge in [0.25, 0.3) is 5.97 Å². The van der Waals surface area contributed by atoms with Gasteiger partial charge in [0.2, 0.25) is 0 Å². The third kappa shape index (κ3) is 13.7. The minimum absolute atomic E-state index is 0. The fourth-order valence-electron chi connectivity index (χ4n) is 3.58. The number of carboxylic acids is 1. The average Bonchev–Trinajstić information content (AvgIpc) is 2.96. The van der Waals surface area contributed by atoms with Gasteiger partial charge in [0.1, 0.15) is 22.6 Å². The van der Waals surface area contributed by atoms with Crippen molar-refractivity contribution in [2.45, 2.75) is 6.92 Å². The molecule has 5 aromatic rings. The first-order valence-electron chi connectivity index (χ1n) is 12.5. The smallest absolute Gasteiger partial charge is 0.346 e. The number of rotatable bonds is 7. The van der Waals surface area contributed by atoms with Gasteiger partial charge in [-0.3, -0.25) is 4.79 Å². The molecule has 0 bridgehead atoms. The molecule has 0 spiro atoms. The minimum Gasteiger partial charge on any atom is -0.481 e. The molecular formula is C34H36IrO4P2. The number of carboxylic acid groups (broad SMARTS) is 1. The Bertz CT molecular complexity index is 1210. The van der Waals surface area contributed by atoms with Crippen LogP contribution < -0.4 is 25.0 Å². The van der Waals surface area contributed by atoms with Crippen LogP contribution in [0.25, 0.3) is 0 Å². The second-order valence-corrected chi connectivity index (χ2v) is 12.1. The van der Waals surface area contributed by atoms with Crippen molar-refractivity contribution in [3.05, 3.63) is 159 Å². The summed E-state index contributed by atoms with van der Waals surface area (Å²) >= 11 is 0. The van der Waals surface area contributed by atoms with Gasteiger partial charge in [0.15, 0.2) is 5.75 Å². The number of hydrogen-bond acceptors (Lipinski definition) is 3. The number of carbonyl (C=O) groups is 1. The van der Waals surface area contributed by atoms with Crippen molar-refractivity contribution in [3.63, 3.8) is 0 Å². The molecule has 215 valence electrons. The monoisotopic (exact) mass is 763 g/mol. The fraction of sp³-hybridized carbons (Fsp3) is 0.0588. The second kappa shape index (κ2) is 20.5. The normalized spacial score (nSPS) is 10.1. The minimum atomic E-state index is -1.33. The van der Waals surface area contributed by atoms with E-state index in [1.54, 1.807) is 0 Å². The van der Waals surface area contributed by atoms with Crippen LogP contribution in [-0.4, -0.2) is 17.7 Å². The Kier molecular flexibility index (Phi) is 17.9. The van der Waals surface area contributed by atoms with Crippen molar-refractivity contribution in [3.8, 4) is 11.5 Å². The first-order chi connectivity index (χ1) is 19.0. The van der Waals surface area contributed by atoms with E-state index in [-0.39, 0.29) is 27.5 Å². The van der Waals surface area contributed by atoms with Crippen molar-refractivity contribution >= 4 is 38.2 Å². The second-order valence-electron chi connectivity index (χ2n) is 8.23. The molecule has 0 aromatic heterocycles. The van der Waals surface area contributed by atoms with Gasteiger partial charge in [-0.2, -0.15) is 18.2 Å². The van der Waals surface area contributed by atoms with Crippen molar-refractivity contribution in [1.29, 1.82) is 0 Å². The molecule has 5 aromatic carbocycles. The average molecular weight is 763 g/mol. The molecule has 0 aliphatic rings. The summed E-state index contributed by atoms with van der Waals surface area (Å²) in [6, 6.07) is 52.7. The largest absolute Gasteiger partial charge is 0.481 e. The Hall–Kier alpha value is -3.32. The molecule has 0 aliphatic heterocycles. The van der Waals surface area contributed by atoms with Gasteiger partial charge < -0.3 is 21.6 Å². The first-order valence-corrected chi connectivity index (χ1v) is 15.8. The summed E-state index contributed by atoms with van der Waals surface area (Å²) in [5.74, 6) is 0.740. The molecule has 5 rings (SSSR count). The van der Waals surface area contributed by atoms with Crippen molar-refractivity contribution in [2.24, 2.45) is 0 Å². The van der Waals surface area contributed by atoms with E-state index in [2.05, 4.69) is 97.1 Å². The van der Waals surface area contributed by atoms with Crippen LogP contribution in [-0.2, 0) is 24.9 Å². The topological polar surface area (TPSA) is 55.8 Å². The van der Waals surface area contributed by atoms with Crippen LogP contribution in [0, 0.1) is 13.5 Å². The maximum atomic E-state index is 9.00. The molecule has 1 atom stereocenters. The summed E-state index contributed by atoms with van der Waals surface area (Å²) in [5, 5.41) is 11.7. The Morgan fingerprint density at radius 1 is 0.634 bits per heavy atom. The summed E-state index contributed by atoms with van der Waals surface area (Å²) in [7, 11) is -2.20. The molecule has 4 nitrogen and oxygen atoms in total. The molecule has 0 amide bonds. The van der Waals surface area contributed by atoms with E-state index in [1.807, 2.05) is 61.3 Å². The molecule has 0 saturated heterocycles. The Balaban J connectivity index is 0.000000352. The summed E-state index contributed by atoms with van der Waals surface area (Å²) in [6.45, 7) is 3.04. The molecule has 1 unspecified atom stereocenters. The molecular weight excluding hydrogens is 727 g/mol. The van der Waals surface area contributed by atoms with Crippen LogP contribution >= 0.6 is 16.3 Å². The van der Waals surface area contributed by atoms with Crippen LogP contribution in [0.4, 0.5) is 0 Å². The van der Waals surface area contributed by atoms with Crippen molar-refractivity contribution in [1.82, 2.24) is 0 Å². The van der Waals surface area contributed by atoms with Gasteiger partial charge in [0.05, 0.1) is 13.7 Å². The van der Waals surface area contributed by atoms with Crippen LogP contribution in [0.15, 0.2) is 146 Å². The molecule has 0 aliphatic carbocycles. The van der Waals surface area contributed by atoms with Crippen LogP contribution in [0.1, 0.15) is 6.92 Å². The number of aliphatic carboxylic acids is 1. The van der Waals surface area contributed by atoms with Crippen LogP contribution in [0.3, 0.4) is 0 Å². The number of hydrogen-bond donors (Lipinski definition) is 1. The zero-order valence-electron chi connectivity index (χ0n) is 23.4. The molecule has 7 heteroatoms. The zero-order chi connectivity index (χ0) is 27.7. The molecule has 0 heterocycles. The van der Waals surface area contributed by atoms with Gasteiger partial charge in [0, 0.05) is 27.0 Å². The predicted molar refractivity (Wildman–Crippen MR) is 173 cm³/mol. The number of benzene rings is 5. The molecule has 1 N–H and O–H groups in total.